The highest BCUT2D eigenvalue weighted by Gasteiger charge is 2.10. The first-order chi connectivity index (χ1) is 12.6. The summed E-state index contributed by atoms with van der Waals surface area (Å²) in [5.74, 6) is -0.673. The zero-order chi connectivity index (χ0) is 18.5. The molecule has 0 fully saturated rings. The van der Waals surface area contributed by atoms with Crippen LogP contribution in [0.3, 0.4) is 0 Å². The van der Waals surface area contributed by atoms with E-state index in [0.29, 0.717) is 28.5 Å². The van der Waals surface area contributed by atoms with Gasteiger partial charge in [0, 0.05) is 11.1 Å². The Labute approximate surface area is 148 Å². The molecule has 0 saturated carbocycles. The number of benzene rings is 2. The standard InChI is InChI=1S/C18H16N4O4/c1-26-17(25)11-6-8-12(9-7-11)20-18-21-14-5-3-2-4-13(14)16(22-18)19-10-15(23)24/h2-9H,10H2,1H3,(H,23,24)(H2,19,20,21,22). The molecule has 0 aliphatic rings. The molecule has 0 unspecified atom stereocenters. The minimum atomic E-state index is -0.986. The SMILES string of the molecule is COC(=O)c1ccc(Nc2nc(NCC(=O)O)c3ccccc3n2)cc1. The number of aromatic nitrogens is 2. The molecule has 0 spiro atoms. The Morgan fingerprint density at radius 2 is 1.81 bits per heavy atom. The van der Waals surface area contributed by atoms with Crippen LogP contribution in [0.1, 0.15) is 10.4 Å². The van der Waals surface area contributed by atoms with Gasteiger partial charge in [0.05, 0.1) is 18.2 Å². The van der Waals surface area contributed by atoms with Gasteiger partial charge < -0.3 is 20.5 Å². The highest BCUT2D eigenvalue weighted by Crippen LogP contribution is 2.23. The lowest BCUT2D eigenvalue weighted by molar-refractivity contribution is -0.134. The van der Waals surface area contributed by atoms with Gasteiger partial charge in [0.15, 0.2) is 0 Å². The van der Waals surface area contributed by atoms with E-state index in [4.69, 9.17) is 5.11 Å². The summed E-state index contributed by atoms with van der Waals surface area (Å²) in [4.78, 5) is 31.1. The number of ether oxygens (including phenoxy) is 1. The van der Waals surface area contributed by atoms with Crippen molar-refractivity contribution in [2.75, 3.05) is 24.3 Å². The molecule has 0 aliphatic carbocycles. The molecule has 0 atom stereocenters. The molecule has 0 radical (unpaired) electrons. The molecule has 2 aromatic carbocycles. The van der Waals surface area contributed by atoms with E-state index in [-0.39, 0.29) is 6.54 Å². The number of carboxylic acid groups (broad SMARTS) is 1. The smallest absolute Gasteiger partial charge is 0.337 e. The van der Waals surface area contributed by atoms with Gasteiger partial charge in [-0.05, 0) is 36.4 Å². The van der Waals surface area contributed by atoms with E-state index in [9.17, 15) is 9.59 Å². The monoisotopic (exact) mass is 352 g/mol. The molecule has 3 rings (SSSR count). The average molecular weight is 352 g/mol. The van der Waals surface area contributed by atoms with Crippen molar-refractivity contribution in [2.45, 2.75) is 0 Å². The lowest BCUT2D eigenvalue weighted by Crippen LogP contribution is -2.14. The average Bonchev–Trinajstić information content (AvgIpc) is 2.66. The van der Waals surface area contributed by atoms with E-state index in [1.807, 2.05) is 24.3 Å². The Kier molecular flexibility index (Phi) is 4.93. The molecule has 3 N–H and O–H groups in total. The summed E-state index contributed by atoms with van der Waals surface area (Å²) in [6.07, 6.45) is 0. The first kappa shape index (κ1) is 17.2. The number of para-hydroxylation sites is 1. The fraction of sp³-hybridized carbons (Fsp3) is 0.111. The summed E-state index contributed by atoms with van der Waals surface area (Å²) in [5, 5.41) is 15.4. The molecule has 8 heteroatoms. The van der Waals surface area contributed by atoms with Gasteiger partial charge in [-0.3, -0.25) is 4.79 Å². The third kappa shape index (κ3) is 3.86. The molecular formula is C18H16N4O4. The number of fused-ring (bicyclic) bond motifs is 1. The topological polar surface area (TPSA) is 113 Å². The molecule has 8 nitrogen and oxygen atoms in total. The van der Waals surface area contributed by atoms with E-state index >= 15 is 0 Å². The Morgan fingerprint density at radius 3 is 2.50 bits per heavy atom. The normalized spacial score (nSPS) is 10.3. The molecule has 0 amide bonds. The third-order valence-electron chi connectivity index (χ3n) is 3.57. The molecule has 132 valence electrons. The number of hydrogen-bond donors (Lipinski definition) is 3. The second-order valence-corrected chi connectivity index (χ2v) is 5.35. The lowest BCUT2D eigenvalue weighted by atomic mass is 10.2. The van der Waals surface area contributed by atoms with Crippen molar-refractivity contribution < 1.29 is 19.4 Å². The molecular weight excluding hydrogens is 336 g/mol. The number of anilines is 3. The lowest BCUT2D eigenvalue weighted by Gasteiger charge is -2.11. The quantitative estimate of drug-likeness (QED) is 0.580. The van der Waals surface area contributed by atoms with Crippen LogP contribution in [0.5, 0.6) is 0 Å². The fourth-order valence-corrected chi connectivity index (χ4v) is 2.36. The molecule has 1 aromatic heterocycles. The zero-order valence-electron chi connectivity index (χ0n) is 13.9. The van der Waals surface area contributed by atoms with Crippen molar-refractivity contribution in [3.63, 3.8) is 0 Å². The van der Waals surface area contributed by atoms with E-state index in [0.717, 1.165) is 5.39 Å². The Morgan fingerprint density at radius 1 is 1.08 bits per heavy atom. The van der Waals surface area contributed by atoms with Gasteiger partial charge in [-0.2, -0.15) is 4.98 Å². The van der Waals surface area contributed by atoms with Crippen molar-refractivity contribution >= 4 is 40.3 Å². The van der Waals surface area contributed by atoms with E-state index < -0.39 is 11.9 Å². The van der Waals surface area contributed by atoms with Gasteiger partial charge in [0.2, 0.25) is 5.95 Å². The zero-order valence-corrected chi connectivity index (χ0v) is 13.9. The molecule has 0 aliphatic heterocycles. The summed E-state index contributed by atoms with van der Waals surface area (Å²) in [5.41, 5.74) is 1.78. The van der Waals surface area contributed by atoms with Crippen LogP contribution in [0.25, 0.3) is 10.9 Å². The largest absolute Gasteiger partial charge is 0.480 e. The number of nitrogens with zero attached hydrogens (tertiary/aromatic N) is 2. The van der Waals surface area contributed by atoms with Gasteiger partial charge in [-0.1, -0.05) is 12.1 Å². The number of hydrogen-bond acceptors (Lipinski definition) is 7. The van der Waals surface area contributed by atoms with E-state index in [2.05, 4.69) is 25.3 Å². The predicted octanol–water partition coefficient (Wildman–Crippen LogP) is 2.66. The second kappa shape index (κ2) is 7.47. The summed E-state index contributed by atoms with van der Waals surface area (Å²) in [6.45, 7) is -0.256. The Balaban J connectivity index is 1.89. The minimum Gasteiger partial charge on any atom is -0.480 e. The van der Waals surface area contributed by atoms with Gasteiger partial charge in [-0.15, -0.1) is 0 Å². The van der Waals surface area contributed by atoms with Gasteiger partial charge in [0.25, 0.3) is 0 Å². The highest BCUT2D eigenvalue weighted by atomic mass is 16.5. The number of carboxylic acids is 1. The number of carbonyl (C=O) groups excluding carboxylic acids is 1. The van der Waals surface area contributed by atoms with Gasteiger partial charge in [0.1, 0.15) is 12.4 Å². The number of carbonyl (C=O) groups is 2. The van der Waals surface area contributed by atoms with Crippen LogP contribution in [-0.4, -0.2) is 40.7 Å². The Hall–Kier alpha value is -3.68. The van der Waals surface area contributed by atoms with E-state index in [1.54, 1.807) is 24.3 Å². The van der Waals surface area contributed by atoms with Crippen LogP contribution >= 0.6 is 0 Å². The van der Waals surface area contributed by atoms with Crippen molar-refractivity contribution in [1.29, 1.82) is 0 Å². The molecule has 0 saturated heterocycles. The molecule has 26 heavy (non-hydrogen) atoms. The molecule has 0 bridgehead atoms. The van der Waals surface area contributed by atoms with Crippen molar-refractivity contribution in [1.82, 2.24) is 9.97 Å². The van der Waals surface area contributed by atoms with E-state index in [1.165, 1.54) is 7.11 Å². The van der Waals surface area contributed by atoms with Gasteiger partial charge >= 0.3 is 11.9 Å². The maximum Gasteiger partial charge on any atom is 0.337 e. The summed E-state index contributed by atoms with van der Waals surface area (Å²) in [6, 6.07) is 14.0. The number of methoxy groups -OCH3 is 1. The maximum atomic E-state index is 11.5. The predicted molar refractivity (Wildman–Crippen MR) is 96.7 cm³/mol. The van der Waals surface area contributed by atoms with Crippen molar-refractivity contribution in [2.24, 2.45) is 0 Å². The minimum absolute atomic E-state index is 0.256. The number of nitrogens with one attached hydrogen (secondary N) is 2. The van der Waals surface area contributed by atoms with Crippen LogP contribution in [0.2, 0.25) is 0 Å². The second-order valence-electron chi connectivity index (χ2n) is 5.35. The number of rotatable bonds is 6. The highest BCUT2D eigenvalue weighted by molar-refractivity contribution is 5.92. The first-order valence-corrected chi connectivity index (χ1v) is 7.74. The first-order valence-electron chi connectivity index (χ1n) is 7.74. The Bertz CT molecular complexity index is 957. The third-order valence-corrected chi connectivity index (χ3v) is 3.57. The van der Waals surface area contributed by atoms with Gasteiger partial charge in [-0.25, -0.2) is 9.78 Å². The van der Waals surface area contributed by atoms with Crippen molar-refractivity contribution in [3.8, 4) is 0 Å². The van der Waals surface area contributed by atoms with Crippen LogP contribution < -0.4 is 10.6 Å². The van der Waals surface area contributed by atoms with Crippen LogP contribution in [0.15, 0.2) is 48.5 Å². The molecule has 3 aromatic rings. The van der Waals surface area contributed by atoms with Crippen LogP contribution in [0, 0.1) is 0 Å². The number of aliphatic carboxylic acids is 1. The summed E-state index contributed by atoms with van der Waals surface area (Å²) in [7, 11) is 1.32. The maximum absolute atomic E-state index is 11.5. The van der Waals surface area contributed by atoms with Crippen LogP contribution in [0.4, 0.5) is 17.5 Å². The van der Waals surface area contributed by atoms with Crippen molar-refractivity contribution in [3.05, 3.63) is 54.1 Å². The number of esters is 1. The fourth-order valence-electron chi connectivity index (χ4n) is 2.36. The summed E-state index contributed by atoms with van der Waals surface area (Å²) >= 11 is 0. The van der Waals surface area contributed by atoms with Crippen LogP contribution in [-0.2, 0) is 9.53 Å². The summed E-state index contributed by atoms with van der Waals surface area (Å²) < 4.78 is 4.66. The molecule has 1 heterocycles.